The van der Waals surface area contributed by atoms with E-state index in [4.69, 9.17) is 9.84 Å². The van der Waals surface area contributed by atoms with E-state index < -0.39 is 12.3 Å². The zero-order valence-electron chi connectivity index (χ0n) is 7.17. The van der Waals surface area contributed by atoms with Gasteiger partial charge >= 0.3 is 5.97 Å². The molecule has 14 heavy (non-hydrogen) atoms. The molecule has 0 aromatic heterocycles. The predicted molar refractivity (Wildman–Crippen MR) is 44.3 cm³/mol. The number of carbonyl (C=O) groups excluding carboxylic acids is 1. The third-order valence-corrected chi connectivity index (χ3v) is 1.69. The lowest BCUT2D eigenvalue weighted by Gasteiger charge is -2.01. The predicted octanol–water partition coefficient (Wildman–Crippen LogP) is 0.837. The zero-order chi connectivity index (χ0) is 9.97. The average Bonchev–Trinajstić information content (AvgIpc) is 2.99. The Hall–Kier alpha value is -1.59. The number of hydrogen-bond donors (Lipinski definition) is 1. The number of carbonyl (C=O) groups is 1. The van der Waals surface area contributed by atoms with E-state index >= 15 is 0 Å². The highest BCUT2D eigenvalue weighted by atomic mass is 17.4. The Bertz CT molecular complexity index is 328. The highest BCUT2D eigenvalue weighted by Gasteiger charge is 2.27. The van der Waals surface area contributed by atoms with Gasteiger partial charge in [-0.3, -0.25) is 0 Å². The van der Waals surface area contributed by atoms with Gasteiger partial charge in [0.1, 0.15) is 12.4 Å². The van der Waals surface area contributed by atoms with Crippen molar-refractivity contribution < 1.29 is 24.4 Å². The molecule has 1 aliphatic rings. The molecule has 1 saturated heterocycles. The summed E-state index contributed by atoms with van der Waals surface area (Å²) in [6.07, 6.45) is -0.420. The van der Waals surface area contributed by atoms with Crippen LogP contribution in [0.2, 0.25) is 0 Å². The van der Waals surface area contributed by atoms with Gasteiger partial charge in [0.05, 0.1) is 5.56 Å². The van der Waals surface area contributed by atoms with Gasteiger partial charge in [-0.05, 0) is 24.3 Å². The van der Waals surface area contributed by atoms with Crippen LogP contribution < -0.4 is 0 Å². The van der Waals surface area contributed by atoms with E-state index in [0.717, 1.165) is 0 Å². The van der Waals surface area contributed by atoms with E-state index in [1.807, 2.05) is 0 Å². The topological polar surface area (TPSA) is 71.6 Å². The minimum atomic E-state index is -0.468. The molecule has 0 atom stereocenters. The Kier molecular flexibility index (Phi) is 2.34. The third-order valence-electron chi connectivity index (χ3n) is 1.69. The molecular formula is C9H8O5. The molecule has 5 heteroatoms. The molecule has 0 bridgehead atoms. The Balaban J connectivity index is 1.92. The van der Waals surface area contributed by atoms with Crippen LogP contribution in [0.4, 0.5) is 0 Å². The Morgan fingerprint density at radius 3 is 2.57 bits per heavy atom. The normalized spacial score (nSPS) is 15.1. The highest BCUT2D eigenvalue weighted by Crippen LogP contribution is 2.14. The van der Waals surface area contributed by atoms with Crippen LogP contribution in [0.15, 0.2) is 24.3 Å². The first-order valence-corrected chi connectivity index (χ1v) is 4.04. The van der Waals surface area contributed by atoms with Crippen molar-refractivity contribution in [2.45, 2.75) is 6.29 Å². The highest BCUT2D eigenvalue weighted by molar-refractivity contribution is 5.89. The van der Waals surface area contributed by atoms with E-state index in [1.54, 1.807) is 0 Å². The molecule has 0 saturated carbocycles. The first-order valence-electron chi connectivity index (χ1n) is 4.04. The van der Waals surface area contributed by atoms with Crippen molar-refractivity contribution in [3.05, 3.63) is 29.8 Å². The SMILES string of the molecule is O=C(OCC1OO1)c1ccc(O)cc1. The third kappa shape index (κ3) is 2.21. The van der Waals surface area contributed by atoms with Crippen molar-refractivity contribution in [2.24, 2.45) is 0 Å². The van der Waals surface area contributed by atoms with Crippen molar-refractivity contribution >= 4 is 5.97 Å². The van der Waals surface area contributed by atoms with Crippen LogP contribution in [0.1, 0.15) is 10.4 Å². The number of ether oxygens (including phenoxy) is 1. The fourth-order valence-electron chi connectivity index (χ4n) is 0.919. The molecule has 2 rings (SSSR count). The maximum Gasteiger partial charge on any atom is 0.338 e. The van der Waals surface area contributed by atoms with Gasteiger partial charge in [-0.2, -0.15) is 9.78 Å². The van der Waals surface area contributed by atoms with E-state index in [2.05, 4.69) is 9.78 Å². The minimum absolute atomic E-state index is 0.0830. The van der Waals surface area contributed by atoms with Crippen molar-refractivity contribution in [3.8, 4) is 5.75 Å². The van der Waals surface area contributed by atoms with Gasteiger partial charge in [0.15, 0.2) is 0 Å². The number of phenols is 1. The minimum Gasteiger partial charge on any atom is -0.508 e. The second-order valence-electron chi connectivity index (χ2n) is 2.77. The molecule has 1 fully saturated rings. The molecule has 0 aliphatic carbocycles. The van der Waals surface area contributed by atoms with Crippen molar-refractivity contribution in [2.75, 3.05) is 6.61 Å². The van der Waals surface area contributed by atoms with Crippen LogP contribution in [0.5, 0.6) is 5.75 Å². The average molecular weight is 196 g/mol. The molecule has 0 spiro atoms. The fourth-order valence-corrected chi connectivity index (χ4v) is 0.919. The summed E-state index contributed by atoms with van der Waals surface area (Å²) in [6.45, 7) is 0.0830. The van der Waals surface area contributed by atoms with E-state index in [1.165, 1.54) is 24.3 Å². The summed E-state index contributed by atoms with van der Waals surface area (Å²) in [7, 11) is 0. The molecule has 1 N–H and O–H groups in total. The Morgan fingerprint density at radius 2 is 2.00 bits per heavy atom. The van der Waals surface area contributed by atoms with E-state index in [9.17, 15) is 4.79 Å². The molecule has 1 aromatic carbocycles. The van der Waals surface area contributed by atoms with E-state index in [-0.39, 0.29) is 12.4 Å². The summed E-state index contributed by atoms with van der Waals surface area (Å²) < 4.78 is 4.82. The van der Waals surface area contributed by atoms with Gasteiger partial charge in [0.25, 0.3) is 6.29 Å². The molecule has 1 aromatic rings. The van der Waals surface area contributed by atoms with Crippen molar-refractivity contribution in [3.63, 3.8) is 0 Å². The summed E-state index contributed by atoms with van der Waals surface area (Å²) in [5.74, 6) is -0.362. The van der Waals surface area contributed by atoms with Crippen molar-refractivity contribution in [1.29, 1.82) is 0 Å². The molecule has 0 amide bonds. The van der Waals surface area contributed by atoms with Gasteiger partial charge in [-0.25, -0.2) is 4.79 Å². The molecule has 1 heterocycles. The van der Waals surface area contributed by atoms with Crippen molar-refractivity contribution in [1.82, 2.24) is 0 Å². The monoisotopic (exact) mass is 196 g/mol. The molecule has 0 unspecified atom stereocenters. The summed E-state index contributed by atoms with van der Waals surface area (Å²) in [5, 5.41) is 8.97. The molecule has 1 aliphatic heterocycles. The smallest absolute Gasteiger partial charge is 0.338 e. The number of rotatable bonds is 3. The van der Waals surface area contributed by atoms with Gasteiger partial charge < -0.3 is 9.84 Å². The summed E-state index contributed by atoms with van der Waals surface area (Å²) in [6, 6.07) is 5.79. The van der Waals surface area contributed by atoms with Crippen LogP contribution in [0.3, 0.4) is 0 Å². The van der Waals surface area contributed by atoms with Crippen LogP contribution in [-0.2, 0) is 14.5 Å². The van der Waals surface area contributed by atoms with Gasteiger partial charge in [0.2, 0.25) is 0 Å². The molecule has 0 radical (unpaired) electrons. The van der Waals surface area contributed by atoms with Crippen LogP contribution in [0, 0.1) is 0 Å². The zero-order valence-corrected chi connectivity index (χ0v) is 7.17. The number of hydrogen-bond acceptors (Lipinski definition) is 5. The van der Waals surface area contributed by atoms with Crippen LogP contribution in [0.25, 0.3) is 0 Å². The molecule has 74 valence electrons. The van der Waals surface area contributed by atoms with Crippen LogP contribution >= 0.6 is 0 Å². The number of aromatic hydroxyl groups is 1. The summed E-state index contributed by atoms with van der Waals surface area (Å²) >= 11 is 0. The first kappa shape index (κ1) is 8.98. The van der Waals surface area contributed by atoms with E-state index in [0.29, 0.717) is 5.56 Å². The summed E-state index contributed by atoms with van der Waals surface area (Å²) in [4.78, 5) is 20.1. The lowest BCUT2D eigenvalue weighted by atomic mass is 10.2. The van der Waals surface area contributed by atoms with Crippen LogP contribution in [-0.4, -0.2) is 24.0 Å². The largest absolute Gasteiger partial charge is 0.508 e. The first-order chi connectivity index (χ1) is 6.75. The number of esters is 1. The van der Waals surface area contributed by atoms with Gasteiger partial charge in [-0.1, -0.05) is 0 Å². The maximum absolute atomic E-state index is 11.3. The standard InChI is InChI=1S/C9H8O5/c10-7-3-1-6(2-4-7)9(11)12-5-8-13-14-8/h1-4,8,10H,5H2. The van der Waals surface area contributed by atoms with Gasteiger partial charge in [0, 0.05) is 0 Å². The fraction of sp³-hybridized carbons (Fsp3) is 0.222. The molecule has 5 nitrogen and oxygen atoms in total. The number of phenolic OH excluding ortho intramolecular Hbond substituents is 1. The Labute approximate surface area is 79.7 Å². The summed E-state index contributed by atoms with van der Waals surface area (Å²) in [5.41, 5.74) is 0.378. The second kappa shape index (κ2) is 3.65. The second-order valence-corrected chi connectivity index (χ2v) is 2.77. The lowest BCUT2D eigenvalue weighted by molar-refractivity contribution is 0.0475. The number of benzene rings is 1. The lowest BCUT2D eigenvalue weighted by Crippen LogP contribution is -2.09. The molecular weight excluding hydrogens is 188 g/mol. The Morgan fingerprint density at radius 1 is 1.36 bits per heavy atom. The maximum atomic E-state index is 11.3. The quantitative estimate of drug-likeness (QED) is 0.440. The van der Waals surface area contributed by atoms with Gasteiger partial charge in [-0.15, -0.1) is 0 Å².